The van der Waals surface area contributed by atoms with Crippen molar-refractivity contribution in [1.82, 2.24) is 9.62 Å². The molecule has 1 heterocycles. The number of rotatable bonds is 6. The third kappa shape index (κ3) is 4.51. The molecule has 1 amide bonds. The summed E-state index contributed by atoms with van der Waals surface area (Å²) in [7, 11) is -3.31. The van der Waals surface area contributed by atoms with Crippen LogP contribution in [0.25, 0.3) is 0 Å². The number of carbonyl (C=O) groups excluding carboxylic acids is 1. The second-order valence-corrected chi connectivity index (χ2v) is 8.73. The first-order valence-corrected chi connectivity index (χ1v) is 10.5. The quantitative estimate of drug-likeness (QED) is 0.793. The van der Waals surface area contributed by atoms with Gasteiger partial charge in [-0.05, 0) is 43.0 Å². The molecule has 0 bridgehead atoms. The fraction of sp³-hybridized carbons (Fsp3) is 0.350. The lowest BCUT2D eigenvalue weighted by molar-refractivity contribution is 0.0953. The summed E-state index contributed by atoms with van der Waals surface area (Å²) in [6, 6.07) is 15.3. The number of hydrogen-bond donors (Lipinski definition) is 1. The average molecular weight is 372 g/mol. The van der Waals surface area contributed by atoms with Crippen molar-refractivity contribution in [2.45, 2.75) is 26.3 Å². The molecule has 1 N–H and O–H groups in total. The Balaban J connectivity index is 1.48. The minimum atomic E-state index is -3.31. The van der Waals surface area contributed by atoms with Gasteiger partial charge in [0.05, 0.1) is 5.75 Å². The van der Waals surface area contributed by atoms with Gasteiger partial charge >= 0.3 is 0 Å². The van der Waals surface area contributed by atoms with Crippen LogP contribution >= 0.6 is 0 Å². The van der Waals surface area contributed by atoms with Gasteiger partial charge in [-0.2, -0.15) is 4.31 Å². The third-order valence-corrected chi connectivity index (χ3v) is 6.57. The highest BCUT2D eigenvalue weighted by Gasteiger charge is 2.26. The van der Waals surface area contributed by atoms with Gasteiger partial charge in [0.1, 0.15) is 0 Å². The zero-order valence-electron chi connectivity index (χ0n) is 14.9. The first-order valence-electron chi connectivity index (χ1n) is 8.85. The van der Waals surface area contributed by atoms with Crippen LogP contribution in [-0.4, -0.2) is 37.5 Å². The molecule has 0 saturated heterocycles. The molecular weight excluding hydrogens is 348 g/mol. The van der Waals surface area contributed by atoms with E-state index in [0.717, 1.165) is 17.5 Å². The van der Waals surface area contributed by atoms with Crippen LogP contribution in [-0.2, 0) is 23.0 Å². The molecule has 26 heavy (non-hydrogen) atoms. The van der Waals surface area contributed by atoms with Crippen molar-refractivity contribution in [3.05, 3.63) is 70.8 Å². The van der Waals surface area contributed by atoms with Crippen LogP contribution in [0.2, 0.25) is 0 Å². The van der Waals surface area contributed by atoms with Crippen molar-refractivity contribution in [2.75, 3.05) is 18.8 Å². The Hall–Kier alpha value is -2.18. The standard InChI is InChI=1S/C20H24N2O3S/c1-16-7-9-18(10-8-16)20(23)21-12-4-14-26(24,25)22-13-11-17-5-2-3-6-19(17)15-22/h2-3,5-10H,4,11-15H2,1H3,(H,21,23). The van der Waals surface area contributed by atoms with Gasteiger partial charge in [0.15, 0.2) is 0 Å². The zero-order chi connectivity index (χ0) is 18.6. The number of carbonyl (C=O) groups is 1. The predicted molar refractivity (Wildman–Crippen MR) is 102 cm³/mol. The zero-order valence-corrected chi connectivity index (χ0v) is 15.8. The lowest BCUT2D eigenvalue weighted by Crippen LogP contribution is -2.38. The Kier molecular flexibility index (Phi) is 5.74. The highest BCUT2D eigenvalue weighted by atomic mass is 32.2. The average Bonchev–Trinajstić information content (AvgIpc) is 2.65. The summed E-state index contributed by atoms with van der Waals surface area (Å²) in [6.07, 6.45) is 1.15. The highest BCUT2D eigenvalue weighted by Crippen LogP contribution is 2.21. The first-order chi connectivity index (χ1) is 12.5. The Bertz CT molecular complexity index is 876. The molecule has 0 aliphatic carbocycles. The molecular formula is C20H24N2O3S. The van der Waals surface area contributed by atoms with E-state index in [4.69, 9.17) is 0 Å². The van der Waals surface area contributed by atoms with Gasteiger partial charge in [0.2, 0.25) is 10.0 Å². The third-order valence-electron chi connectivity index (χ3n) is 4.67. The summed E-state index contributed by atoms with van der Waals surface area (Å²) >= 11 is 0. The molecule has 138 valence electrons. The smallest absolute Gasteiger partial charge is 0.251 e. The van der Waals surface area contributed by atoms with E-state index in [2.05, 4.69) is 11.4 Å². The van der Waals surface area contributed by atoms with Crippen LogP contribution in [0, 0.1) is 6.92 Å². The second-order valence-electron chi connectivity index (χ2n) is 6.64. The van der Waals surface area contributed by atoms with E-state index < -0.39 is 10.0 Å². The van der Waals surface area contributed by atoms with Crippen LogP contribution in [0.4, 0.5) is 0 Å². The van der Waals surface area contributed by atoms with Crippen LogP contribution in [0.15, 0.2) is 48.5 Å². The first kappa shape index (κ1) is 18.6. The lowest BCUT2D eigenvalue weighted by atomic mass is 10.0. The van der Waals surface area contributed by atoms with Gasteiger partial charge in [-0.1, -0.05) is 42.0 Å². The molecule has 5 nitrogen and oxygen atoms in total. The number of sulfonamides is 1. The summed E-state index contributed by atoms with van der Waals surface area (Å²) < 4.78 is 26.7. The van der Waals surface area contributed by atoms with Crippen LogP contribution < -0.4 is 5.32 Å². The number of aryl methyl sites for hydroxylation is 1. The molecule has 0 aromatic heterocycles. The Morgan fingerprint density at radius 2 is 1.77 bits per heavy atom. The van der Waals surface area contributed by atoms with E-state index in [-0.39, 0.29) is 11.7 Å². The van der Waals surface area contributed by atoms with Crippen molar-refractivity contribution >= 4 is 15.9 Å². The minimum absolute atomic E-state index is 0.0450. The topological polar surface area (TPSA) is 66.5 Å². The minimum Gasteiger partial charge on any atom is -0.352 e. The predicted octanol–water partition coefficient (Wildman–Crippen LogP) is 2.50. The van der Waals surface area contributed by atoms with Gasteiger partial charge in [-0.3, -0.25) is 4.79 Å². The maximum atomic E-state index is 12.6. The van der Waals surface area contributed by atoms with E-state index in [1.54, 1.807) is 16.4 Å². The van der Waals surface area contributed by atoms with Crippen molar-refractivity contribution in [1.29, 1.82) is 0 Å². The number of amides is 1. The monoisotopic (exact) mass is 372 g/mol. The van der Waals surface area contributed by atoms with E-state index in [9.17, 15) is 13.2 Å². The number of hydrogen-bond acceptors (Lipinski definition) is 3. The Morgan fingerprint density at radius 1 is 1.08 bits per heavy atom. The fourth-order valence-corrected chi connectivity index (χ4v) is 4.57. The van der Waals surface area contributed by atoms with Crippen LogP contribution in [0.5, 0.6) is 0 Å². The van der Waals surface area contributed by atoms with Crippen molar-refractivity contribution in [3.63, 3.8) is 0 Å². The van der Waals surface area contributed by atoms with Gasteiger partial charge in [0, 0.05) is 25.2 Å². The van der Waals surface area contributed by atoms with E-state index in [1.807, 2.05) is 37.3 Å². The molecule has 0 fully saturated rings. The van der Waals surface area contributed by atoms with E-state index in [1.165, 1.54) is 5.56 Å². The van der Waals surface area contributed by atoms with Gasteiger partial charge < -0.3 is 5.32 Å². The number of benzene rings is 2. The van der Waals surface area contributed by atoms with Gasteiger partial charge in [0.25, 0.3) is 5.91 Å². The van der Waals surface area contributed by atoms with E-state index >= 15 is 0 Å². The molecule has 2 aromatic carbocycles. The summed E-state index contributed by atoms with van der Waals surface area (Å²) in [5.74, 6) is -0.127. The van der Waals surface area contributed by atoms with Crippen molar-refractivity contribution in [2.24, 2.45) is 0 Å². The van der Waals surface area contributed by atoms with Crippen LogP contribution in [0.1, 0.15) is 33.5 Å². The maximum absolute atomic E-state index is 12.6. The summed E-state index contributed by atoms with van der Waals surface area (Å²) in [5.41, 5.74) is 3.99. The highest BCUT2D eigenvalue weighted by molar-refractivity contribution is 7.89. The summed E-state index contributed by atoms with van der Waals surface area (Å²) in [4.78, 5) is 12.0. The lowest BCUT2D eigenvalue weighted by Gasteiger charge is -2.28. The second kappa shape index (κ2) is 8.01. The molecule has 0 spiro atoms. The van der Waals surface area contributed by atoms with Crippen molar-refractivity contribution in [3.8, 4) is 0 Å². The summed E-state index contributed by atoms with van der Waals surface area (Å²) in [5, 5.41) is 2.79. The molecule has 3 rings (SSSR count). The molecule has 0 unspecified atom stereocenters. The molecule has 1 aliphatic heterocycles. The molecule has 0 radical (unpaired) electrons. The molecule has 0 atom stereocenters. The fourth-order valence-electron chi connectivity index (χ4n) is 3.10. The molecule has 2 aromatic rings. The van der Waals surface area contributed by atoms with Crippen LogP contribution in [0.3, 0.4) is 0 Å². The molecule has 1 aliphatic rings. The number of nitrogens with one attached hydrogen (secondary N) is 1. The normalized spacial score (nSPS) is 14.7. The molecule has 0 saturated carbocycles. The number of nitrogens with zero attached hydrogens (tertiary/aromatic N) is 1. The van der Waals surface area contributed by atoms with Gasteiger partial charge in [-0.25, -0.2) is 8.42 Å². The SMILES string of the molecule is Cc1ccc(C(=O)NCCCS(=O)(=O)N2CCc3ccccc3C2)cc1. The van der Waals surface area contributed by atoms with Gasteiger partial charge in [-0.15, -0.1) is 0 Å². The summed E-state index contributed by atoms with van der Waals surface area (Å²) in [6.45, 7) is 3.27. The largest absolute Gasteiger partial charge is 0.352 e. The molecule has 6 heteroatoms. The van der Waals surface area contributed by atoms with E-state index in [0.29, 0.717) is 31.6 Å². The Labute approximate surface area is 155 Å². The Morgan fingerprint density at radius 3 is 2.50 bits per heavy atom. The van der Waals surface area contributed by atoms with Crippen molar-refractivity contribution < 1.29 is 13.2 Å². The number of fused-ring (bicyclic) bond motifs is 1. The maximum Gasteiger partial charge on any atom is 0.251 e.